The second-order valence-electron chi connectivity index (χ2n) is 10.5. The van der Waals surface area contributed by atoms with Crippen LogP contribution in [0.3, 0.4) is 0 Å². The Hall–Kier alpha value is -5.71. The molecular weight excluding hydrogens is 641 g/mol. The lowest BCUT2D eigenvalue weighted by Gasteiger charge is -2.13. The molecule has 0 fully saturated rings. The Kier molecular flexibility index (Phi) is 10.2. The highest BCUT2D eigenvalue weighted by molar-refractivity contribution is 8.00. The first-order chi connectivity index (χ1) is 23.5. The summed E-state index contributed by atoms with van der Waals surface area (Å²) in [5.74, 6) is -0.248. The topological polar surface area (TPSA) is 109 Å². The van der Waals surface area contributed by atoms with E-state index in [1.807, 2.05) is 84.2 Å². The standard InChI is InChI=1S/C38H30N4O4S2/c1-46-34-20-8-7-19-31(34)33-23-48-38(41-33)42-35(43)24-47-29-17-10-16-28(22-29)39-37(45)32(40-36(44)26-12-3-2-4-13-26)21-27-15-9-14-25-11-5-6-18-30(25)27/h2-23H,24H2,1H3,(H,39,45)(H,40,44)(H,41,42,43)/b32-21+. The van der Waals surface area contributed by atoms with Crippen LogP contribution in [0.4, 0.5) is 10.8 Å². The SMILES string of the molecule is COc1ccccc1-c1csc(NC(=O)CSc2cccc(NC(=O)/C(=C\c3cccc4ccccc34)NC(=O)c3ccccc3)c2)n1. The molecule has 48 heavy (non-hydrogen) atoms. The maximum atomic E-state index is 13.7. The van der Waals surface area contributed by atoms with Crippen LogP contribution in [-0.4, -0.2) is 35.6 Å². The molecule has 0 unspecified atom stereocenters. The van der Waals surface area contributed by atoms with Gasteiger partial charge in [-0.25, -0.2) is 4.98 Å². The van der Waals surface area contributed by atoms with E-state index in [0.29, 0.717) is 22.1 Å². The molecule has 0 spiro atoms. The molecule has 1 aromatic heterocycles. The minimum absolute atomic E-state index is 0.0913. The predicted molar refractivity (Wildman–Crippen MR) is 194 cm³/mol. The number of para-hydroxylation sites is 1. The number of rotatable bonds is 11. The van der Waals surface area contributed by atoms with Crippen molar-refractivity contribution < 1.29 is 19.1 Å². The summed E-state index contributed by atoms with van der Waals surface area (Å²) in [5, 5.41) is 12.9. The number of benzene rings is 5. The molecule has 0 atom stereocenters. The average molecular weight is 671 g/mol. The van der Waals surface area contributed by atoms with Crippen LogP contribution in [0.2, 0.25) is 0 Å². The second-order valence-corrected chi connectivity index (χ2v) is 12.4. The predicted octanol–water partition coefficient (Wildman–Crippen LogP) is 8.11. The zero-order valence-corrected chi connectivity index (χ0v) is 27.4. The first kappa shape index (κ1) is 32.2. The molecule has 0 bridgehead atoms. The number of hydrogen-bond donors (Lipinski definition) is 3. The summed E-state index contributed by atoms with van der Waals surface area (Å²) in [6, 6.07) is 37.2. The van der Waals surface area contributed by atoms with Gasteiger partial charge < -0.3 is 20.7 Å². The molecule has 0 aliphatic rings. The summed E-state index contributed by atoms with van der Waals surface area (Å²) < 4.78 is 5.43. The molecule has 3 N–H and O–H groups in total. The monoisotopic (exact) mass is 670 g/mol. The van der Waals surface area contributed by atoms with Gasteiger partial charge in [0.05, 0.1) is 18.6 Å². The van der Waals surface area contributed by atoms with Gasteiger partial charge in [0, 0.05) is 27.1 Å². The molecule has 0 aliphatic heterocycles. The van der Waals surface area contributed by atoms with Gasteiger partial charge in [-0.1, -0.05) is 78.9 Å². The van der Waals surface area contributed by atoms with Crippen LogP contribution < -0.4 is 20.7 Å². The number of aromatic nitrogens is 1. The van der Waals surface area contributed by atoms with Crippen molar-refractivity contribution in [3.05, 3.63) is 144 Å². The van der Waals surface area contributed by atoms with E-state index in [-0.39, 0.29) is 17.4 Å². The summed E-state index contributed by atoms with van der Waals surface area (Å²) >= 11 is 2.67. The smallest absolute Gasteiger partial charge is 0.272 e. The van der Waals surface area contributed by atoms with E-state index in [1.54, 1.807) is 55.7 Å². The Balaban J connectivity index is 1.14. The zero-order chi connectivity index (χ0) is 33.3. The minimum atomic E-state index is -0.485. The van der Waals surface area contributed by atoms with Crippen molar-refractivity contribution in [1.29, 1.82) is 0 Å². The molecule has 10 heteroatoms. The van der Waals surface area contributed by atoms with Crippen molar-refractivity contribution in [2.24, 2.45) is 0 Å². The van der Waals surface area contributed by atoms with Gasteiger partial charge in [0.2, 0.25) is 5.91 Å². The number of amides is 3. The number of thioether (sulfide) groups is 1. The van der Waals surface area contributed by atoms with Crippen molar-refractivity contribution in [1.82, 2.24) is 10.3 Å². The Morgan fingerprint density at radius 1 is 0.833 bits per heavy atom. The molecule has 8 nitrogen and oxygen atoms in total. The van der Waals surface area contributed by atoms with Crippen LogP contribution in [0.5, 0.6) is 5.75 Å². The van der Waals surface area contributed by atoms with Crippen molar-refractivity contribution >= 4 is 68.5 Å². The number of carbonyl (C=O) groups excluding carboxylic acids is 3. The van der Waals surface area contributed by atoms with Gasteiger partial charge in [0.25, 0.3) is 11.8 Å². The fourth-order valence-electron chi connectivity index (χ4n) is 4.95. The van der Waals surface area contributed by atoms with Gasteiger partial charge >= 0.3 is 0 Å². The lowest BCUT2D eigenvalue weighted by Crippen LogP contribution is -2.30. The van der Waals surface area contributed by atoms with Crippen LogP contribution in [-0.2, 0) is 9.59 Å². The number of nitrogens with one attached hydrogen (secondary N) is 3. The molecule has 6 aromatic rings. The van der Waals surface area contributed by atoms with E-state index in [1.165, 1.54) is 23.1 Å². The number of ether oxygens (including phenoxy) is 1. The lowest BCUT2D eigenvalue weighted by molar-refractivity contribution is -0.114. The first-order valence-electron chi connectivity index (χ1n) is 15.0. The number of methoxy groups -OCH3 is 1. The molecule has 3 amide bonds. The van der Waals surface area contributed by atoms with E-state index in [0.717, 1.165) is 32.5 Å². The highest BCUT2D eigenvalue weighted by Crippen LogP contribution is 2.32. The van der Waals surface area contributed by atoms with Crippen LogP contribution >= 0.6 is 23.1 Å². The van der Waals surface area contributed by atoms with Gasteiger partial charge in [0.15, 0.2) is 5.13 Å². The van der Waals surface area contributed by atoms with Crippen LogP contribution in [0.25, 0.3) is 28.1 Å². The molecular formula is C38H30N4O4S2. The number of nitrogens with zero attached hydrogens (tertiary/aromatic N) is 1. The van der Waals surface area contributed by atoms with Crippen LogP contribution in [0.15, 0.2) is 137 Å². The minimum Gasteiger partial charge on any atom is -0.496 e. The molecule has 6 rings (SSSR count). The van der Waals surface area contributed by atoms with Gasteiger partial charge in [-0.2, -0.15) is 0 Å². The molecule has 238 valence electrons. The molecule has 0 aliphatic carbocycles. The van der Waals surface area contributed by atoms with Gasteiger partial charge in [-0.3, -0.25) is 14.4 Å². The Bertz CT molecular complexity index is 2120. The summed E-state index contributed by atoms with van der Waals surface area (Å²) in [7, 11) is 1.61. The van der Waals surface area contributed by atoms with E-state index in [4.69, 9.17) is 4.74 Å². The van der Waals surface area contributed by atoms with E-state index < -0.39 is 11.8 Å². The molecule has 0 saturated carbocycles. The van der Waals surface area contributed by atoms with E-state index in [2.05, 4.69) is 20.9 Å². The van der Waals surface area contributed by atoms with Crippen molar-refractivity contribution in [3.8, 4) is 17.0 Å². The summed E-state index contributed by atoms with van der Waals surface area (Å²) in [4.78, 5) is 44.9. The van der Waals surface area contributed by atoms with Gasteiger partial charge in [0.1, 0.15) is 11.4 Å². The van der Waals surface area contributed by atoms with E-state index >= 15 is 0 Å². The summed E-state index contributed by atoms with van der Waals surface area (Å²) in [6.07, 6.45) is 1.68. The third-order valence-corrected chi connectivity index (χ3v) is 9.00. The Morgan fingerprint density at radius 3 is 2.44 bits per heavy atom. The fourth-order valence-corrected chi connectivity index (χ4v) is 6.43. The third-order valence-electron chi connectivity index (χ3n) is 7.25. The number of anilines is 2. The first-order valence-corrected chi connectivity index (χ1v) is 16.8. The second kappa shape index (κ2) is 15.3. The summed E-state index contributed by atoms with van der Waals surface area (Å²) in [5.41, 5.74) is 3.40. The van der Waals surface area contributed by atoms with Crippen molar-refractivity contribution in [3.63, 3.8) is 0 Å². The quantitative estimate of drug-likeness (QED) is 0.0949. The molecule has 1 heterocycles. The molecule has 0 radical (unpaired) electrons. The van der Waals surface area contributed by atoms with Crippen molar-refractivity contribution in [2.75, 3.05) is 23.5 Å². The maximum absolute atomic E-state index is 13.7. The molecule has 0 saturated heterocycles. The zero-order valence-electron chi connectivity index (χ0n) is 25.8. The average Bonchev–Trinajstić information content (AvgIpc) is 3.59. The summed E-state index contributed by atoms with van der Waals surface area (Å²) in [6.45, 7) is 0. The lowest BCUT2D eigenvalue weighted by atomic mass is 10.0. The molecule has 5 aromatic carbocycles. The van der Waals surface area contributed by atoms with Crippen LogP contribution in [0.1, 0.15) is 15.9 Å². The number of fused-ring (bicyclic) bond motifs is 1. The highest BCUT2D eigenvalue weighted by Gasteiger charge is 2.17. The number of hydrogen-bond acceptors (Lipinski definition) is 7. The van der Waals surface area contributed by atoms with Gasteiger partial charge in [-0.15, -0.1) is 23.1 Å². The Morgan fingerprint density at radius 2 is 1.58 bits per heavy atom. The highest BCUT2D eigenvalue weighted by atomic mass is 32.2. The maximum Gasteiger partial charge on any atom is 0.272 e. The number of carbonyl (C=O) groups is 3. The largest absolute Gasteiger partial charge is 0.496 e. The van der Waals surface area contributed by atoms with Gasteiger partial charge in [-0.05, 0) is 64.9 Å². The van der Waals surface area contributed by atoms with Crippen molar-refractivity contribution in [2.45, 2.75) is 4.90 Å². The fraction of sp³-hybridized carbons (Fsp3) is 0.0526. The normalized spacial score (nSPS) is 11.1. The third kappa shape index (κ3) is 7.98. The van der Waals surface area contributed by atoms with E-state index in [9.17, 15) is 14.4 Å². The Labute approximate surface area is 285 Å². The number of thiazole rings is 1. The van der Waals surface area contributed by atoms with Crippen LogP contribution in [0, 0.1) is 0 Å².